The molecular weight excluding hydrogens is 284 g/mol. The van der Waals surface area contributed by atoms with Gasteiger partial charge in [0.2, 0.25) is 5.78 Å². The van der Waals surface area contributed by atoms with Gasteiger partial charge >= 0.3 is 18.5 Å². The fourth-order valence-corrected chi connectivity index (χ4v) is 1.22. The largest absolute Gasteiger partial charge is 0.461 e. The van der Waals surface area contributed by atoms with Crippen molar-refractivity contribution in [1.82, 2.24) is 0 Å². The van der Waals surface area contributed by atoms with E-state index >= 15 is 0 Å². The molecule has 0 saturated heterocycles. The molecule has 1 aromatic carbocycles. The molecule has 1 aromatic rings. The van der Waals surface area contributed by atoms with Crippen molar-refractivity contribution in [3.05, 3.63) is 29.8 Å². The molecule has 0 heterocycles. The summed E-state index contributed by atoms with van der Waals surface area (Å²) in [5.74, 6) is -2.30. The number of ether oxygens (including phenoxy) is 2. The van der Waals surface area contributed by atoms with Crippen molar-refractivity contribution in [1.29, 1.82) is 0 Å². The van der Waals surface area contributed by atoms with Crippen molar-refractivity contribution in [2.24, 2.45) is 0 Å². The molecule has 0 radical (unpaired) electrons. The van der Waals surface area contributed by atoms with Crippen LogP contribution in [0.25, 0.3) is 0 Å². The summed E-state index contributed by atoms with van der Waals surface area (Å²) in [6.45, 7) is 0.358. The molecule has 0 aromatic heterocycles. The predicted molar refractivity (Wildman–Crippen MR) is 59.0 cm³/mol. The monoisotopic (exact) mass is 294 g/mol. The number of halogens is 4. The molecule has 0 bridgehead atoms. The molecule has 0 fully saturated rings. The lowest BCUT2D eigenvalue weighted by Gasteiger charge is -2.18. The summed E-state index contributed by atoms with van der Waals surface area (Å²) in [6, 6.07) is 4.61. The van der Waals surface area contributed by atoms with Gasteiger partial charge in [-0.2, -0.15) is 17.6 Å². The Bertz CT molecular complexity index is 502. The number of hydrogen-bond donors (Lipinski definition) is 0. The van der Waals surface area contributed by atoms with Gasteiger partial charge in [0.05, 0.1) is 5.56 Å². The van der Waals surface area contributed by atoms with E-state index in [0.29, 0.717) is 0 Å². The number of esters is 1. The summed E-state index contributed by atoms with van der Waals surface area (Å²) in [6.07, 6.45) is -8.77. The number of para-hydroxylation sites is 1. The highest BCUT2D eigenvalue weighted by atomic mass is 19.3. The first-order valence-electron chi connectivity index (χ1n) is 5.34. The Morgan fingerprint density at radius 1 is 1.25 bits per heavy atom. The van der Waals surface area contributed by atoms with Crippen LogP contribution in [0.2, 0.25) is 0 Å². The summed E-state index contributed by atoms with van der Waals surface area (Å²) in [4.78, 5) is 22.2. The maximum atomic E-state index is 12.8. The average molecular weight is 294 g/mol. The minimum absolute atomic E-state index is 0.380. The van der Waals surface area contributed by atoms with Gasteiger partial charge in [0.25, 0.3) is 0 Å². The van der Waals surface area contributed by atoms with Crippen LogP contribution in [0.3, 0.4) is 0 Å². The van der Waals surface area contributed by atoms with E-state index in [4.69, 9.17) is 0 Å². The number of ketones is 1. The van der Waals surface area contributed by atoms with Gasteiger partial charge in [-0.3, -0.25) is 9.59 Å². The highest BCUT2D eigenvalue weighted by Crippen LogP contribution is 2.29. The zero-order valence-corrected chi connectivity index (χ0v) is 10.2. The summed E-state index contributed by atoms with van der Waals surface area (Å²) < 4.78 is 58.0. The molecule has 110 valence electrons. The molecule has 0 aliphatic rings. The van der Waals surface area contributed by atoms with Crippen molar-refractivity contribution in [3.8, 4) is 5.75 Å². The second-order valence-corrected chi connectivity index (χ2v) is 3.66. The van der Waals surface area contributed by atoms with Crippen molar-refractivity contribution in [3.63, 3.8) is 0 Å². The average Bonchev–Trinajstić information content (AvgIpc) is 2.36. The van der Waals surface area contributed by atoms with Crippen molar-refractivity contribution in [2.45, 2.75) is 19.5 Å². The predicted octanol–water partition coefficient (Wildman–Crippen LogP) is 2.67. The Kier molecular flexibility index (Phi) is 5.06. The van der Waals surface area contributed by atoms with Crippen LogP contribution in [0.15, 0.2) is 24.3 Å². The second-order valence-electron chi connectivity index (χ2n) is 3.66. The standard InChI is InChI=1S/C12H10F4O4/c1-7(17)19-6-9(18)8-4-2-3-5-10(8)20-12(15,16)11(13)14/h2-5,11H,6H2,1H3. The smallest absolute Gasteiger partial charge is 0.457 e. The lowest BCUT2D eigenvalue weighted by Crippen LogP contribution is -2.34. The van der Waals surface area contributed by atoms with E-state index in [1.807, 2.05) is 0 Å². The first-order chi connectivity index (χ1) is 9.24. The fraction of sp³-hybridized carbons (Fsp3) is 0.333. The highest BCUT2D eigenvalue weighted by Gasteiger charge is 2.44. The first-order valence-corrected chi connectivity index (χ1v) is 5.34. The first kappa shape index (κ1) is 15.9. The van der Waals surface area contributed by atoms with Gasteiger partial charge in [-0.15, -0.1) is 0 Å². The van der Waals surface area contributed by atoms with Gasteiger partial charge in [0, 0.05) is 6.92 Å². The molecule has 0 saturated carbocycles. The maximum absolute atomic E-state index is 12.8. The zero-order chi connectivity index (χ0) is 15.3. The van der Waals surface area contributed by atoms with E-state index in [-0.39, 0.29) is 5.56 Å². The molecular formula is C12H10F4O4. The quantitative estimate of drug-likeness (QED) is 0.460. The van der Waals surface area contributed by atoms with Gasteiger partial charge in [0.1, 0.15) is 5.75 Å². The summed E-state index contributed by atoms with van der Waals surface area (Å²) in [7, 11) is 0. The van der Waals surface area contributed by atoms with Crippen LogP contribution in [0.4, 0.5) is 17.6 Å². The Morgan fingerprint density at radius 3 is 2.40 bits per heavy atom. The van der Waals surface area contributed by atoms with Gasteiger partial charge in [0.15, 0.2) is 6.61 Å². The van der Waals surface area contributed by atoms with E-state index in [0.717, 1.165) is 19.1 Å². The molecule has 0 atom stereocenters. The Labute approximate surface area is 111 Å². The number of Topliss-reactive ketones (excluding diaryl/α,β-unsaturated/α-hetero) is 1. The number of rotatable bonds is 6. The number of carbonyl (C=O) groups excluding carboxylic acids is 2. The third kappa shape index (κ3) is 4.22. The third-order valence-electron chi connectivity index (χ3n) is 2.09. The molecule has 0 aliphatic heterocycles. The normalized spacial score (nSPS) is 11.3. The second kappa shape index (κ2) is 6.36. The minimum Gasteiger partial charge on any atom is -0.457 e. The molecule has 1 rings (SSSR count). The van der Waals surface area contributed by atoms with Crippen LogP contribution in [0.1, 0.15) is 17.3 Å². The summed E-state index contributed by atoms with van der Waals surface area (Å²) in [5, 5.41) is 0. The molecule has 0 unspecified atom stereocenters. The fourth-order valence-electron chi connectivity index (χ4n) is 1.22. The van der Waals surface area contributed by atoms with Crippen molar-refractivity contribution < 1.29 is 36.6 Å². The minimum atomic E-state index is -4.72. The summed E-state index contributed by atoms with van der Waals surface area (Å²) >= 11 is 0. The van der Waals surface area contributed by atoms with E-state index in [1.165, 1.54) is 12.1 Å². The molecule has 20 heavy (non-hydrogen) atoms. The Balaban J connectivity index is 2.93. The van der Waals surface area contributed by atoms with Crippen LogP contribution < -0.4 is 4.74 Å². The van der Waals surface area contributed by atoms with Crippen LogP contribution in [-0.2, 0) is 9.53 Å². The van der Waals surface area contributed by atoms with Gasteiger partial charge in [-0.25, -0.2) is 0 Å². The lowest BCUT2D eigenvalue weighted by atomic mass is 10.1. The van der Waals surface area contributed by atoms with Crippen LogP contribution in [0.5, 0.6) is 5.75 Å². The van der Waals surface area contributed by atoms with Crippen LogP contribution in [0, 0.1) is 0 Å². The maximum Gasteiger partial charge on any atom is 0.461 e. The molecule has 8 heteroatoms. The highest BCUT2D eigenvalue weighted by molar-refractivity contribution is 6.00. The van der Waals surface area contributed by atoms with Gasteiger partial charge < -0.3 is 9.47 Å². The van der Waals surface area contributed by atoms with Crippen LogP contribution >= 0.6 is 0 Å². The molecule has 0 amide bonds. The number of benzene rings is 1. The number of alkyl halides is 4. The van der Waals surface area contributed by atoms with E-state index in [1.54, 1.807) is 0 Å². The SMILES string of the molecule is CC(=O)OCC(=O)c1ccccc1OC(F)(F)C(F)F. The third-order valence-corrected chi connectivity index (χ3v) is 2.09. The van der Waals surface area contributed by atoms with E-state index in [9.17, 15) is 27.2 Å². The molecule has 4 nitrogen and oxygen atoms in total. The number of carbonyl (C=O) groups is 2. The lowest BCUT2D eigenvalue weighted by molar-refractivity contribution is -0.253. The van der Waals surface area contributed by atoms with Gasteiger partial charge in [-0.05, 0) is 12.1 Å². The van der Waals surface area contributed by atoms with Gasteiger partial charge in [-0.1, -0.05) is 12.1 Å². The van der Waals surface area contributed by atoms with Crippen molar-refractivity contribution >= 4 is 11.8 Å². The molecule has 0 aliphatic carbocycles. The van der Waals surface area contributed by atoms with Crippen LogP contribution in [-0.4, -0.2) is 30.9 Å². The molecule has 0 N–H and O–H groups in total. The number of hydrogen-bond acceptors (Lipinski definition) is 4. The van der Waals surface area contributed by atoms with E-state index in [2.05, 4.69) is 9.47 Å². The molecule has 0 spiro atoms. The Hall–Kier alpha value is -2.12. The topological polar surface area (TPSA) is 52.6 Å². The van der Waals surface area contributed by atoms with E-state index < -0.39 is 36.6 Å². The Morgan fingerprint density at radius 2 is 1.85 bits per heavy atom. The summed E-state index contributed by atoms with van der Waals surface area (Å²) in [5.41, 5.74) is -0.380. The van der Waals surface area contributed by atoms with Crippen molar-refractivity contribution in [2.75, 3.05) is 6.61 Å². The zero-order valence-electron chi connectivity index (χ0n) is 10.2.